The van der Waals surface area contributed by atoms with E-state index in [2.05, 4.69) is 10.6 Å². The van der Waals surface area contributed by atoms with Gasteiger partial charge in [-0.15, -0.1) is 11.3 Å². The van der Waals surface area contributed by atoms with E-state index < -0.39 is 6.10 Å². The average Bonchev–Trinajstić information content (AvgIpc) is 2.94. The van der Waals surface area contributed by atoms with Gasteiger partial charge in [-0.25, -0.2) is 0 Å². The van der Waals surface area contributed by atoms with Crippen molar-refractivity contribution >= 4 is 27.9 Å². The normalized spacial score (nSPS) is 16.2. The highest BCUT2D eigenvalue weighted by molar-refractivity contribution is 7.14. The number of nitriles is 1. The van der Waals surface area contributed by atoms with Gasteiger partial charge in [0.1, 0.15) is 16.8 Å². The van der Waals surface area contributed by atoms with Crippen LogP contribution in [0.2, 0.25) is 0 Å². The van der Waals surface area contributed by atoms with Gasteiger partial charge >= 0.3 is 0 Å². The van der Waals surface area contributed by atoms with Crippen molar-refractivity contribution in [1.29, 1.82) is 5.26 Å². The van der Waals surface area contributed by atoms with Crippen LogP contribution in [0.5, 0.6) is 5.75 Å². The van der Waals surface area contributed by atoms with Crippen LogP contribution >= 0.6 is 11.3 Å². The summed E-state index contributed by atoms with van der Waals surface area (Å²) in [7, 11) is 0. The lowest BCUT2D eigenvalue weighted by atomic mass is 10.2. The van der Waals surface area contributed by atoms with E-state index in [-0.39, 0.29) is 5.91 Å². The number of rotatable bonds is 2. The summed E-state index contributed by atoms with van der Waals surface area (Å²) in [5.74, 6) is 0.400. The molecule has 1 unspecified atom stereocenters. The van der Waals surface area contributed by atoms with Gasteiger partial charge in [-0.1, -0.05) is 12.1 Å². The van der Waals surface area contributed by atoms with Crippen LogP contribution < -0.4 is 15.4 Å². The maximum atomic E-state index is 12.2. The van der Waals surface area contributed by atoms with Crippen LogP contribution in [0.1, 0.15) is 5.56 Å². The third-order valence-corrected chi connectivity index (χ3v) is 3.78. The van der Waals surface area contributed by atoms with E-state index in [1.807, 2.05) is 30.3 Å². The molecule has 0 saturated carbocycles. The minimum absolute atomic E-state index is 0.258. The predicted octanol–water partition coefficient (Wildman–Crippen LogP) is 2.43. The topological polar surface area (TPSA) is 74.2 Å². The van der Waals surface area contributed by atoms with Crippen molar-refractivity contribution in [3.05, 3.63) is 41.3 Å². The van der Waals surface area contributed by atoms with Crippen molar-refractivity contribution in [3.8, 4) is 11.8 Å². The zero-order chi connectivity index (χ0) is 13.9. The van der Waals surface area contributed by atoms with Gasteiger partial charge in [0.25, 0.3) is 5.91 Å². The zero-order valence-electron chi connectivity index (χ0n) is 10.4. The van der Waals surface area contributed by atoms with Gasteiger partial charge in [0.2, 0.25) is 0 Å². The molecule has 0 spiro atoms. The molecule has 1 aliphatic rings. The molecule has 1 amide bonds. The Balaban J connectivity index is 1.72. The molecule has 2 aromatic rings. The van der Waals surface area contributed by atoms with Crippen LogP contribution in [0.3, 0.4) is 0 Å². The van der Waals surface area contributed by atoms with Crippen molar-refractivity contribution in [2.75, 3.05) is 17.2 Å². The number of amides is 1. The molecule has 0 aliphatic carbocycles. The minimum atomic E-state index is -0.612. The summed E-state index contributed by atoms with van der Waals surface area (Å²) in [4.78, 5) is 12.2. The number of nitrogens with zero attached hydrogens (tertiary/aromatic N) is 1. The number of thiophene rings is 1. The number of ether oxygens (including phenoxy) is 1. The second-order valence-electron chi connectivity index (χ2n) is 4.25. The highest BCUT2D eigenvalue weighted by atomic mass is 32.1. The van der Waals surface area contributed by atoms with Gasteiger partial charge in [0.15, 0.2) is 6.10 Å². The molecular formula is C14H11N3O2S. The SMILES string of the molecule is N#Cc1ccsc1NC(=O)C1CNc2ccccc2O1. The van der Waals surface area contributed by atoms with Crippen molar-refractivity contribution in [2.45, 2.75) is 6.10 Å². The fourth-order valence-corrected chi connectivity index (χ4v) is 2.69. The lowest BCUT2D eigenvalue weighted by molar-refractivity contribution is -0.122. The number of fused-ring (bicyclic) bond motifs is 1. The van der Waals surface area contributed by atoms with Crippen LogP contribution in [0.15, 0.2) is 35.7 Å². The lowest BCUT2D eigenvalue weighted by Gasteiger charge is -2.26. The fraction of sp³-hybridized carbons (Fsp3) is 0.143. The predicted molar refractivity (Wildman–Crippen MR) is 77.0 cm³/mol. The van der Waals surface area contributed by atoms with Gasteiger partial charge < -0.3 is 15.4 Å². The molecule has 0 bridgehead atoms. The van der Waals surface area contributed by atoms with Gasteiger partial charge in [0, 0.05) is 0 Å². The van der Waals surface area contributed by atoms with E-state index in [4.69, 9.17) is 10.00 Å². The van der Waals surface area contributed by atoms with E-state index in [1.54, 1.807) is 11.4 Å². The Hall–Kier alpha value is -2.52. The molecule has 1 atom stereocenters. The van der Waals surface area contributed by atoms with E-state index in [1.165, 1.54) is 11.3 Å². The quantitative estimate of drug-likeness (QED) is 0.888. The van der Waals surface area contributed by atoms with Gasteiger partial charge in [-0.2, -0.15) is 5.26 Å². The zero-order valence-corrected chi connectivity index (χ0v) is 11.2. The molecule has 2 N–H and O–H groups in total. The Bertz CT molecular complexity index is 690. The number of hydrogen-bond donors (Lipinski definition) is 2. The van der Waals surface area contributed by atoms with Crippen LogP contribution in [0.4, 0.5) is 10.7 Å². The molecule has 20 heavy (non-hydrogen) atoms. The highest BCUT2D eigenvalue weighted by Gasteiger charge is 2.26. The Morgan fingerprint density at radius 2 is 2.30 bits per heavy atom. The van der Waals surface area contributed by atoms with Crippen LogP contribution in [-0.2, 0) is 4.79 Å². The third kappa shape index (κ3) is 2.31. The summed E-state index contributed by atoms with van der Waals surface area (Å²) >= 11 is 1.32. The number of para-hydroxylation sites is 2. The van der Waals surface area contributed by atoms with Crippen LogP contribution in [0.25, 0.3) is 0 Å². The van der Waals surface area contributed by atoms with Crippen molar-refractivity contribution < 1.29 is 9.53 Å². The second-order valence-corrected chi connectivity index (χ2v) is 5.16. The highest BCUT2D eigenvalue weighted by Crippen LogP contribution is 2.29. The number of hydrogen-bond acceptors (Lipinski definition) is 5. The molecule has 0 radical (unpaired) electrons. The van der Waals surface area contributed by atoms with Gasteiger partial charge in [-0.3, -0.25) is 4.79 Å². The average molecular weight is 285 g/mol. The summed E-state index contributed by atoms with van der Waals surface area (Å²) in [5.41, 5.74) is 1.35. The summed E-state index contributed by atoms with van der Waals surface area (Å²) in [6.07, 6.45) is -0.612. The molecule has 1 aromatic carbocycles. The number of nitrogens with one attached hydrogen (secondary N) is 2. The van der Waals surface area contributed by atoms with Crippen molar-refractivity contribution in [1.82, 2.24) is 0 Å². The molecule has 100 valence electrons. The molecule has 3 rings (SSSR count). The molecule has 1 aromatic heterocycles. The second kappa shape index (κ2) is 5.23. The first kappa shape index (κ1) is 12.5. The maximum absolute atomic E-state index is 12.2. The smallest absolute Gasteiger partial charge is 0.267 e. The number of carbonyl (C=O) groups excluding carboxylic acids is 1. The third-order valence-electron chi connectivity index (χ3n) is 2.95. The number of carbonyl (C=O) groups is 1. The van der Waals surface area contributed by atoms with Crippen LogP contribution in [-0.4, -0.2) is 18.6 Å². The molecule has 2 heterocycles. The first-order valence-corrected chi connectivity index (χ1v) is 6.94. The molecule has 0 fully saturated rings. The minimum Gasteiger partial charge on any atom is -0.477 e. The van der Waals surface area contributed by atoms with E-state index in [0.717, 1.165) is 5.69 Å². The Labute approximate surface area is 119 Å². The van der Waals surface area contributed by atoms with Crippen LogP contribution in [0, 0.1) is 11.3 Å². The maximum Gasteiger partial charge on any atom is 0.267 e. The molecule has 6 heteroatoms. The lowest BCUT2D eigenvalue weighted by Crippen LogP contribution is -2.41. The Morgan fingerprint density at radius 1 is 1.45 bits per heavy atom. The molecule has 0 saturated heterocycles. The standard InChI is InChI=1S/C14H11N3O2S/c15-7-9-5-6-20-14(9)17-13(18)12-8-16-10-3-1-2-4-11(10)19-12/h1-6,12,16H,8H2,(H,17,18). The number of benzene rings is 1. The van der Waals surface area contributed by atoms with Crippen molar-refractivity contribution in [2.24, 2.45) is 0 Å². The molecular weight excluding hydrogens is 274 g/mol. The number of anilines is 2. The summed E-state index contributed by atoms with van der Waals surface area (Å²) in [6.45, 7) is 0.399. The Morgan fingerprint density at radius 3 is 3.15 bits per heavy atom. The summed E-state index contributed by atoms with van der Waals surface area (Å²) < 4.78 is 5.66. The summed E-state index contributed by atoms with van der Waals surface area (Å²) in [5, 5.41) is 17.1. The fourth-order valence-electron chi connectivity index (χ4n) is 1.95. The van der Waals surface area contributed by atoms with Crippen molar-refractivity contribution in [3.63, 3.8) is 0 Å². The van der Waals surface area contributed by atoms with E-state index in [9.17, 15) is 4.79 Å². The first-order chi connectivity index (χ1) is 9.78. The van der Waals surface area contributed by atoms with Gasteiger partial charge in [0.05, 0.1) is 17.8 Å². The van der Waals surface area contributed by atoms with Gasteiger partial charge in [-0.05, 0) is 23.6 Å². The monoisotopic (exact) mass is 285 g/mol. The Kier molecular flexibility index (Phi) is 3.27. The molecule has 1 aliphatic heterocycles. The van der Waals surface area contributed by atoms with E-state index >= 15 is 0 Å². The first-order valence-electron chi connectivity index (χ1n) is 6.06. The van der Waals surface area contributed by atoms with E-state index in [0.29, 0.717) is 22.9 Å². The molecule has 5 nitrogen and oxygen atoms in total. The summed E-state index contributed by atoms with van der Waals surface area (Å²) in [6, 6.07) is 11.2. The largest absolute Gasteiger partial charge is 0.477 e.